The summed E-state index contributed by atoms with van der Waals surface area (Å²) < 4.78 is 6.29. The van der Waals surface area contributed by atoms with Gasteiger partial charge in [-0.2, -0.15) is 0 Å². The van der Waals surface area contributed by atoms with Crippen LogP contribution in [-0.2, 0) is 0 Å². The van der Waals surface area contributed by atoms with Gasteiger partial charge in [0.2, 0.25) is 0 Å². The van der Waals surface area contributed by atoms with Crippen LogP contribution in [0.1, 0.15) is 0 Å². The van der Waals surface area contributed by atoms with Crippen molar-refractivity contribution in [3.8, 4) is 33.4 Å². The van der Waals surface area contributed by atoms with Crippen LogP contribution >= 0.6 is 0 Å². The maximum absolute atomic E-state index is 6.29. The molecular weight excluding hydrogens is 526 g/mol. The summed E-state index contributed by atoms with van der Waals surface area (Å²) in [6, 6.07) is 42.2. The van der Waals surface area contributed by atoms with Crippen molar-refractivity contribution in [2.24, 2.45) is 0 Å². The van der Waals surface area contributed by atoms with E-state index in [0.717, 1.165) is 88.0 Å². The van der Waals surface area contributed by atoms with E-state index in [0.29, 0.717) is 0 Å². The van der Waals surface area contributed by atoms with E-state index in [4.69, 9.17) is 14.4 Å². The maximum Gasteiger partial charge on any atom is 0.136 e. The molecule has 0 bridgehead atoms. The Morgan fingerprint density at radius 3 is 2.23 bits per heavy atom. The van der Waals surface area contributed by atoms with Crippen LogP contribution in [0.5, 0.6) is 0 Å². The van der Waals surface area contributed by atoms with Gasteiger partial charge in [0.25, 0.3) is 0 Å². The first kappa shape index (κ1) is 23.8. The number of hydrogen-bond donors (Lipinski definition) is 0. The molecule has 0 saturated heterocycles. The van der Waals surface area contributed by atoms with E-state index in [2.05, 4.69) is 89.9 Å². The number of rotatable bonds is 3. The summed E-state index contributed by atoms with van der Waals surface area (Å²) in [5.74, 6) is 0. The first-order chi connectivity index (χ1) is 21.3. The fourth-order valence-corrected chi connectivity index (χ4v) is 6.31. The second kappa shape index (κ2) is 9.33. The molecule has 0 aliphatic rings. The molecule has 0 N–H and O–H groups in total. The summed E-state index contributed by atoms with van der Waals surface area (Å²) in [7, 11) is 0. The third-order valence-corrected chi connectivity index (χ3v) is 8.37. The molecule has 0 aliphatic heterocycles. The quantitative estimate of drug-likeness (QED) is 0.206. The predicted octanol–water partition coefficient (Wildman–Crippen LogP) is 10.2. The fraction of sp³-hybridized carbons (Fsp3) is 0. The summed E-state index contributed by atoms with van der Waals surface area (Å²) >= 11 is 0. The summed E-state index contributed by atoms with van der Waals surface area (Å²) in [6.07, 6.45) is 5.76. The lowest BCUT2D eigenvalue weighted by Gasteiger charge is -2.15. The molecule has 0 saturated carbocycles. The van der Waals surface area contributed by atoms with Crippen LogP contribution in [0.25, 0.3) is 88.0 Å². The molecule has 0 spiro atoms. The van der Waals surface area contributed by atoms with Crippen LogP contribution in [0, 0.1) is 0 Å². The van der Waals surface area contributed by atoms with Gasteiger partial charge in [0.05, 0.1) is 16.6 Å². The fourth-order valence-electron chi connectivity index (χ4n) is 6.31. The van der Waals surface area contributed by atoms with Gasteiger partial charge < -0.3 is 4.42 Å². The second-order valence-electron chi connectivity index (χ2n) is 10.9. The number of fused-ring (bicyclic) bond motifs is 7. The molecule has 43 heavy (non-hydrogen) atoms. The van der Waals surface area contributed by atoms with E-state index in [9.17, 15) is 0 Å². The summed E-state index contributed by atoms with van der Waals surface area (Å²) in [4.78, 5) is 14.3. The van der Waals surface area contributed by atoms with Crippen LogP contribution in [0.3, 0.4) is 0 Å². The van der Waals surface area contributed by atoms with Crippen LogP contribution in [-0.4, -0.2) is 15.0 Å². The highest BCUT2D eigenvalue weighted by molar-refractivity contribution is 6.14. The topological polar surface area (TPSA) is 51.8 Å². The molecule has 9 aromatic rings. The van der Waals surface area contributed by atoms with Crippen LogP contribution in [0.15, 0.2) is 144 Å². The van der Waals surface area contributed by atoms with E-state index in [-0.39, 0.29) is 0 Å². The number of pyridine rings is 3. The van der Waals surface area contributed by atoms with Crippen molar-refractivity contribution < 1.29 is 4.42 Å². The zero-order valence-corrected chi connectivity index (χ0v) is 23.0. The first-order valence-corrected chi connectivity index (χ1v) is 14.3. The van der Waals surface area contributed by atoms with Crippen molar-refractivity contribution in [2.45, 2.75) is 0 Å². The molecule has 4 heteroatoms. The van der Waals surface area contributed by atoms with E-state index in [1.165, 1.54) is 0 Å². The van der Waals surface area contributed by atoms with E-state index < -0.39 is 0 Å². The highest BCUT2D eigenvalue weighted by Crippen LogP contribution is 2.42. The first-order valence-electron chi connectivity index (χ1n) is 14.3. The molecule has 200 valence electrons. The predicted molar refractivity (Wildman–Crippen MR) is 176 cm³/mol. The Bertz CT molecular complexity index is 2530. The minimum absolute atomic E-state index is 0.874. The Morgan fingerprint density at radius 2 is 1.23 bits per heavy atom. The number of benzene rings is 5. The zero-order valence-electron chi connectivity index (χ0n) is 23.0. The van der Waals surface area contributed by atoms with Gasteiger partial charge in [0.1, 0.15) is 11.2 Å². The Hall–Kier alpha value is -5.87. The van der Waals surface area contributed by atoms with E-state index >= 15 is 0 Å². The largest absolute Gasteiger partial charge is 0.456 e. The van der Waals surface area contributed by atoms with E-state index in [1.54, 1.807) is 0 Å². The van der Waals surface area contributed by atoms with Gasteiger partial charge in [-0.3, -0.25) is 15.0 Å². The summed E-state index contributed by atoms with van der Waals surface area (Å²) in [6.45, 7) is 0. The molecule has 0 radical (unpaired) electrons. The van der Waals surface area contributed by atoms with Gasteiger partial charge in [0.15, 0.2) is 0 Å². The van der Waals surface area contributed by atoms with E-state index in [1.807, 2.05) is 55.0 Å². The van der Waals surface area contributed by atoms with Gasteiger partial charge in [-0.1, -0.05) is 78.9 Å². The minimum atomic E-state index is 0.874. The van der Waals surface area contributed by atoms with Crippen LogP contribution in [0.2, 0.25) is 0 Å². The molecule has 0 atom stereocenters. The van der Waals surface area contributed by atoms with Crippen molar-refractivity contribution in [2.75, 3.05) is 0 Å². The lowest BCUT2D eigenvalue weighted by atomic mass is 9.89. The average molecular weight is 550 g/mol. The van der Waals surface area contributed by atoms with Crippen molar-refractivity contribution in [3.63, 3.8) is 0 Å². The highest BCUT2D eigenvalue weighted by Gasteiger charge is 2.17. The summed E-state index contributed by atoms with van der Waals surface area (Å²) in [5.41, 5.74) is 11.1. The molecule has 5 aromatic carbocycles. The smallest absolute Gasteiger partial charge is 0.136 e. The number of hydrogen-bond acceptors (Lipinski definition) is 4. The molecule has 4 heterocycles. The highest BCUT2D eigenvalue weighted by atomic mass is 16.3. The van der Waals surface area contributed by atoms with Crippen molar-refractivity contribution in [1.82, 2.24) is 15.0 Å². The van der Waals surface area contributed by atoms with Crippen LogP contribution in [0.4, 0.5) is 0 Å². The maximum atomic E-state index is 6.29. The van der Waals surface area contributed by atoms with Gasteiger partial charge in [-0.15, -0.1) is 0 Å². The molecule has 4 nitrogen and oxygen atoms in total. The monoisotopic (exact) mass is 549 g/mol. The Kier molecular flexibility index (Phi) is 5.16. The van der Waals surface area contributed by atoms with Gasteiger partial charge in [0, 0.05) is 56.6 Å². The molecular formula is C39H23N3O. The van der Waals surface area contributed by atoms with Gasteiger partial charge >= 0.3 is 0 Å². The molecule has 0 amide bonds. The Labute approximate surface area is 246 Å². The normalized spacial score (nSPS) is 11.7. The number of furan rings is 1. The lowest BCUT2D eigenvalue weighted by molar-refractivity contribution is 0.669. The van der Waals surface area contributed by atoms with Gasteiger partial charge in [-0.25, -0.2) is 0 Å². The van der Waals surface area contributed by atoms with Crippen molar-refractivity contribution in [3.05, 3.63) is 140 Å². The second-order valence-corrected chi connectivity index (χ2v) is 10.9. The lowest BCUT2D eigenvalue weighted by Crippen LogP contribution is -1.91. The van der Waals surface area contributed by atoms with Crippen LogP contribution < -0.4 is 0 Å². The third-order valence-electron chi connectivity index (χ3n) is 8.37. The SMILES string of the molecule is c1ccc2ncc(-c3ccc(-c4cnc5c(ccc6cccnc65)c4)cc3-c3cccc4oc5ccccc5c34)cc2c1. The Morgan fingerprint density at radius 1 is 0.442 bits per heavy atom. The van der Waals surface area contributed by atoms with Crippen molar-refractivity contribution in [1.29, 1.82) is 0 Å². The zero-order chi connectivity index (χ0) is 28.3. The van der Waals surface area contributed by atoms with Gasteiger partial charge in [-0.05, 0) is 64.7 Å². The summed E-state index contributed by atoms with van der Waals surface area (Å²) in [5, 5.41) is 5.48. The molecule has 9 rings (SSSR count). The molecule has 4 aromatic heterocycles. The number of nitrogens with zero attached hydrogens (tertiary/aromatic N) is 3. The Balaban J connectivity index is 1.30. The number of aromatic nitrogens is 3. The average Bonchev–Trinajstić information content (AvgIpc) is 3.46. The number of para-hydroxylation sites is 2. The molecule has 0 aliphatic carbocycles. The third kappa shape index (κ3) is 3.81. The minimum Gasteiger partial charge on any atom is -0.456 e. The molecule has 0 fully saturated rings. The standard InChI is InChI=1S/C39H23N3O/c1-3-11-34-26(7-1)19-29(23-41-34)30-17-16-25(28-20-27-15-14-24-8-6-18-40-38(24)39(27)42-22-28)21-33(30)31-10-5-13-36-37(31)32-9-2-4-12-35(32)43-36/h1-23H. The molecule has 0 unspecified atom stereocenters. The van der Waals surface area contributed by atoms with Crippen molar-refractivity contribution >= 4 is 54.6 Å².